The van der Waals surface area contributed by atoms with E-state index in [1.165, 1.54) is 0 Å². The third kappa shape index (κ3) is 4.68. The number of benzene rings is 2. The molecule has 2 aromatic carbocycles. The summed E-state index contributed by atoms with van der Waals surface area (Å²) in [6, 6.07) is 15.4. The SMILES string of the molecule is COc1ccc(-c2noc(CN3CCC(C(=O)Nc4ccccc4C)CC3)n2)cc1. The summed E-state index contributed by atoms with van der Waals surface area (Å²) in [4.78, 5) is 19.4. The molecule has 1 fully saturated rings. The predicted molar refractivity (Wildman–Crippen MR) is 114 cm³/mol. The highest BCUT2D eigenvalue weighted by Gasteiger charge is 2.26. The number of aryl methyl sites for hydroxylation is 1. The van der Waals surface area contributed by atoms with Crippen LogP contribution in [0, 0.1) is 12.8 Å². The first-order valence-electron chi connectivity index (χ1n) is 10.2. The Labute approximate surface area is 176 Å². The fourth-order valence-electron chi connectivity index (χ4n) is 3.67. The number of carbonyl (C=O) groups is 1. The molecular formula is C23H26N4O3. The molecule has 0 saturated carbocycles. The number of likely N-dealkylation sites (tertiary alicyclic amines) is 1. The topological polar surface area (TPSA) is 80.5 Å². The summed E-state index contributed by atoms with van der Waals surface area (Å²) in [7, 11) is 1.64. The van der Waals surface area contributed by atoms with Gasteiger partial charge in [0.15, 0.2) is 0 Å². The van der Waals surface area contributed by atoms with Gasteiger partial charge in [-0.15, -0.1) is 0 Å². The molecule has 1 aliphatic heterocycles. The van der Waals surface area contributed by atoms with Crippen LogP contribution in [-0.4, -0.2) is 41.1 Å². The first-order valence-corrected chi connectivity index (χ1v) is 10.2. The lowest BCUT2D eigenvalue weighted by Gasteiger charge is -2.30. The Bertz CT molecular complexity index is 992. The van der Waals surface area contributed by atoms with Gasteiger partial charge in [-0.05, 0) is 68.8 Å². The molecule has 1 N–H and O–H groups in total. The highest BCUT2D eigenvalue weighted by molar-refractivity contribution is 5.93. The lowest BCUT2D eigenvalue weighted by atomic mass is 9.95. The fraction of sp³-hybridized carbons (Fsp3) is 0.348. The summed E-state index contributed by atoms with van der Waals surface area (Å²) in [5.74, 6) is 2.07. The van der Waals surface area contributed by atoms with Crippen LogP contribution in [0.25, 0.3) is 11.4 Å². The molecule has 4 rings (SSSR count). The summed E-state index contributed by atoms with van der Waals surface area (Å²) in [6.45, 7) is 4.25. The third-order valence-corrected chi connectivity index (χ3v) is 5.54. The van der Waals surface area contributed by atoms with Crippen molar-refractivity contribution in [2.24, 2.45) is 5.92 Å². The number of anilines is 1. The van der Waals surface area contributed by atoms with Crippen LogP contribution in [-0.2, 0) is 11.3 Å². The molecule has 7 heteroatoms. The molecule has 1 aromatic heterocycles. The van der Waals surface area contributed by atoms with Gasteiger partial charge >= 0.3 is 0 Å². The van der Waals surface area contributed by atoms with Crippen LogP contribution in [0.3, 0.4) is 0 Å². The van der Waals surface area contributed by atoms with E-state index in [1.54, 1.807) is 7.11 Å². The van der Waals surface area contributed by atoms with E-state index >= 15 is 0 Å². The maximum absolute atomic E-state index is 12.6. The van der Waals surface area contributed by atoms with Crippen LogP contribution >= 0.6 is 0 Å². The van der Waals surface area contributed by atoms with Crippen LogP contribution in [0.15, 0.2) is 53.1 Å². The number of hydrogen-bond donors (Lipinski definition) is 1. The van der Waals surface area contributed by atoms with Gasteiger partial charge in [0.1, 0.15) is 5.75 Å². The number of rotatable bonds is 6. The van der Waals surface area contributed by atoms with E-state index in [1.807, 2.05) is 55.5 Å². The number of hydrogen-bond acceptors (Lipinski definition) is 6. The standard InChI is InChI=1S/C23H26N4O3/c1-16-5-3-4-6-20(16)24-23(28)18-11-13-27(14-12-18)15-21-25-22(26-30-21)17-7-9-19(29-2)10-8-17/h3-10,18H,11-15H2,1-2H3,(H,24,28). The first kappa shape index (κ1) is 20.1. The number of amides is 1. The van der Waals surface area contributed by atoms with Gasteiger partial charge in [0.05, 0.1) is 13.7 Å². The molecule has 0 radical (unpaired) electrons. The van der Waals surface area contributed by atoms with Crippen LogP contribution in [0.4, 0.5) is 5.69 Å². The molecular weight excluding hydrogens is 380 g/mol. The van der Waals surface area contributed by atoms with Crippen LogP contribution in [0.2, 0.25) is 0 Å². The van der Waals surface area contributed by atoms with E-state index in [-0.39, 0.29) is 11.8 Å². The molecule has 1 aliphatic rings. The van der Waals surface area contributed by atoms with Crippen molar-refractivity contribution in [1.82, 2.24) is 15.0 Å². The maximum Gasteiger partial charge on any atom is 0.241 e. The maximum atomic E-state index is 12.6. The van der Waals surface area contributed by atoms with E-state index < -0.39 is 0 Å². The molecule has 1 amide bonds. The van der Waals surface area contributed by atoms with Gasteiger partial charge < -0.3 is 14.6 Å². The van der Waals surface area contributed by atoms with Crippen LogP contribution in [0.1, 0.15) is 24.3 Å². The minimum atomic E-state index is 0.0263. The third-order valence-electron chi connectivity index (χ3n) is 5.54. The van der Waals surface area contributed by atoms with Gasteiger partial charge in [0, 0.05) is 17.2 Å². The summed E-state index contributed by atoms with van der Waals surface area (Å²) in [5.41, 5.74) is 2.85. The number of ether oxygens (including phenoxy) is 1. The Balaban J connectivity index is 1.29. The molecule has 7 nitrogen and oxygen atoms in total. The molecule has 0 bridgehead atoms. The molecule has 0 atom stereocenters. The van der Waals surface area contributed by atoms with Gasteiger partial charge in [0.2, 0.25) is 17.6 Å². The summed E-state index contributed by atoms with van der Waals surface area (Å²) < 4.78 is 10.6. The molecule has 2 heterocycles. The zero-order valence-corrected chi connectivity index (χ0v) is 17.3. The average Bonchev–Trinajstić information content (AvgIpc) is 3.24. The molecule has 0 spiro atoms. The zero-order valence-electron chi connectivity index (χ0n) is 17.3. The molecule has 30 heavy (non-hydrogen) atoms. The van der Waals surface area contributed by atoms with E-state index in [0.717, 1.165) is 48.5 Å². The molecule has 156 valence electrons. The van der Waals surface area contributed by atoms with E-state index in [2.05, 4.69) is 20.4 Å². The zero-order chi connectivity index (χ0) is 20.9. The van der Waals surface area contributed by atoms with Gasteiger partial charge in [-0.1, -0.05) is 23.4 Å². The Kier molecular flexibility index (Phi) is 6.09. The molecule has 1 saturated heterocycles. The first-order chi connectivity index (χ1) is 14.6. The number of methoxy groups -OCH3 is 1. The van der Waals surface area contributed by atoms with Crippen molar-refractivity contribution < 1.29 is 14.1 Å². The van der Waals surface area contributed by atoms with Crippen molar-refractivity contribution in [2.45, 2.75) is 26.3 Å². The smallest absolute Gasteiger partial charge is 0.241 e. The molecule has 0 aliphatic carbocycles. The minimum absolute atomic E-state index is 0.0263. The number of para-hydroxylation sites is 1. The van der Waals surface area contributed by atoms with Crippen LogP contribution < -0.4 is 10.1 Å². The van der Waals surface area contributed by atoms with E-state index in [4.69, 9.17) is 9.26 Å². The van der Waals surface area contributed by atoms with Crippen molar-refractivity contribution in [3.8, 4) is 17.1 Å². The van der Waals surface area contributed by atoms with Gasteiger partial charge in [-0.2, -0.15) is 4.98 Å². The highest BCUT2D eigenvalue weighted by atomic mass is 16.5. The quantitative estimate of drug-likeness (QED) is 0.669. The number of nitrogens with one attached hydrogen (secondary N) is 1. The lowest BCUT2D eigenvalue weighted by Crippen LogP contribution is -2.37. The number of nitrogens with zero attached hydrogens (tertiary/aromatic N) is 3. The summed E-state index contributed by atoms with van der Waals surface area (Å²) in [6.07, 6.45) is 1.63. The number of piperidine rings is 1. The van der Waals surface area contributed by atoms with Gasteiger partial charge in [-0.25, -0.2) is 0 Å². The Morgan fingerprint density at radius 3 is 2.60 bits per heavy atom. The fourth-order valence-corrected chi connectivity index (χ4v) is 3.67. The highest BCUT2D eigenvalue weighted by Crippen LogP contribution is 2.23. The second-order valence-corrected chi connectivity index (χ2v) is 7.59. The largest absolute Gasteiger partial charge is 0.497 e. The summed E-state index contributed by atoms with van der Waals surface area (Å²) >= 11 is 0. The van der Waals surface area contributed by atoms with Crippen molar-refractivity contribution in [2.75, 3.05) is 25.5 Å². The van der Waals surface area contributed by atoms with Crippen molar-refractivity contribution in [3.05, 3.63) is 60.0 Å². The second-order valence-electron chi connectivity index (χ2n) is 7.59. The predicted octanol–water partition coefficient (Wildman–Crippen LogP) is 3.90. The normalized spacial score (nSPS) is 15.1. The monoisotopic (exact) mass is 406 g/mol. The van der Waals surface area contributed by atoms with E-state index in [9.17, 15) is 4.79 Å². The van der Waals surface area contributed by atoms with Gasteiger partial charge in [-0.3, -0.25) is 9.69 Å². The second kappa shape index (κ2) is 9.09. The van der Waals surface area contributed by atoms with E-state index in [0.29, 0.717) is 18.3 Å². The van der Waals surface area contributed by atoms with Crippen molar-refractivity contribution >= 4 is 11.6 Å². The molecule has 3 aromatic rings. The Morgan fingerprint density at radius 1 is 1.17 bits per heavy atom. The van der Waals surface area contributed by atoms with Crippen molar-refractivity contribution in [1.29, 1.82) is 0 Å². The van der Waals surface area contributed by atoms with Crippen molar-refractivity contribution in [3.63, 3.8) is 0 Å². The number of aromatic nitrogens is 2. The minimum Gasteiger partial charge on any atom is -0.497 e. The van der Waals surface area contributed by atoms with Gasteiger partial charge in [0.25, 0.3) is 0 Å². The number of carbonyl (C=O) groups excluding carboxylic acids is 1. The Hall–Kier alpha value is -3.19. The average molecular weight is 406 g/mol. The Morgan fingerprint density at radius 2 is 1.90 bits per heavy atom. The van der Waals surface area contributed by atoms with Crippen LogP contribution in [0.5, 0.6) is 5.75 Å². The summed E-state index contributed by atoms with van der Waals surface area (Å²) in [5, 5.41) is 7.15. The lowest BCUT2D eigenvalue weighted by molar-refractivity contribution is -0.121. The molecule has 0 unspecified atom stereocenters.